The Morgan fingerprint density at radius 1 is 0.812 bits per heavy atom. The number of anilines is 2. The van der Waals surface area contributed by atoms with Gasteiger partial charge < -0.3 is 15.4 Å². The van der Waals surface area contributed by atoms with Gasteiger partial charge in [-0.15, -0.1) is 0 Å². The molecule has 6 nitrogen and oxygen atoms in total. The van der Waals surface area contributed by atoms with Gasteiger partial charge in [-0.3, -0.25) is 14.5 Å². The van der Waals surface area contributed by atoms with E-state index in [0.717, 1.165) is 0 Å². The van der Waals surface area contributed by atoms with Crippen molar-refractivity contribution in [3.05, 3.63) is 82.8 Å². The largest absolute Gasteiger partial charge is 0.455 e. The van der Waals surface area contributed by atoms with Crippen molar-refractivity contribution >= 4 is 46.4 Å². The third kappa shape index (κ3) is 6.72. The first kappa shape index (κ1) is 23.6. The predicted octanol–water partition coefficient (Wildman–Crippen LogP) is 5.68. The Hall–Kier alpha value is -3.06. The van der Waals surface area contributed by atoms with E-state index in [0.29, 0.717) is 39.5 Å². The molecule has 0 bridgehead atoms. The maximum Gasteiger partial charge on any atom is 0.238 e. The highest BCUT2D eigenvalue weighted by Crippen LogP contribution is 2.30. The summed E-state index contributed by atoms with van der Waals surface area (Å²) in [7, 11) is 0. The van der Waals surface area contributed by atoms with E-state index >= 15 is 0 Å². The summed E-state index contributed by atoms with van der Waals surface area (Å²) < 4.78 is 5.88. The summed E-state index contributed by atoms with van der Waals surface area (Å²) in [5.41, 5.74) is 0.901. The molecule has 3 aromatic carbocycles. The number of hydrogen-bond donors (Lipinski definition) is 2. The highest BCUT2D eigenvalue weighted by Gasteiger charge is 2.16. The Morgan fingerprint density at radius 2 is 1.41 bits per heavy atom. The van der Waals surface area contributed by atoms with Crippen LogP contribution >= 0.6 is 23.2 Å². The highest BCUT2D eigenvalue weighted by molar-refractivity contribution is 6.39. The van der Waals surface area contributed by atoms with Gasteiger partial charge in [0.15, 0.2) is 5.75 Å². The lowest BCUT2D eigenvalue weighted by atomic mass is 10.2. The molecule has 32 heavy (non-hydrogen) atoms. The molecule has 166 valence electrons. The molecule has 2 amide bonds. The lowest BCUT2D eigenvalue weighted by Gasteiger charge is -2.20. The minimum absolute atomic E-state index is 0.00757. The van der Waals surface area contributed by atoms with E-state index in [1.807, 2.05) is 49.4 Å². The smallest absolute Gasteiger partial charge is 0.238 e. The van der Waals surface area contributed by atoms with Gasteiger partial charge >= 0.3 is 0 Å². The van der Waals surface area contributed by atoms with Gasteiger partial charge in [-0.25, -0.2) is 0 Å². The van der Waals surface area contributed by atoms with Gasteiger partial charge in [0.1, 0.15) is 5.75 Å². The highest BCUT2D eigenvalue weighted by atomic mass is 35.5. The second-order valence-electron chi connectivity index (χ2n) is 6.91. The van der Waals surface area contributed by atoms with Crippen LogP contribution in [-0.4, -0.2) is 36.3 Å². The molecular weight excluding hydrogens is 449 g/mol. The molecule has 8 heteroatoms. The van der Waals surface area contributed by atoms with Crippen LogP contribution in [0.15, 0.2) is 72.8 Å². The molecule has 0 aliphatic rings. The number of halogens is 2. The molecule has 0 aliphatic carbocycles. The summed E-state index contributed by atoms with van der Waals surface area (Å²) in [6.07, 6.45) is 0. The van der Waals surface area contributed by atoms with Crippen molar-refractivity contribution in [1.82, 2.24) is 4.90 Å². The Bertz CT molecular complexity index is 1060. The van der Waals surface area contributed by atoms with E-state index in [-0.39, 0.29) is 24.9 Å². The molecule has 0 aliphatic heterocycles. The zero-order chi connectivity index (χ0) is 22.9. The van der Waals surface area contributed by atoms with Crippen LogP contribution in [0.1, 0.15) is 6.92 Å². The molecule has 2 N–H and O–H groups in total. The molecule has 0 heterocycles. The van der Waals surface area contributed by atoms with E-state index in [2.05, 4.69) is 10.6 Å². The van der Waals surface area contributed by atoms with Crippen LogP contribution in [0.2, 0.25) is 10.0 Å². The number of carbonyl (C=O) groups is 2. The zero-order valence-corrected chi connectivity index (χ0v) is 19.0. The number of hydrogen-bond acceptors (Lipinski definition) is 4. The third-order valence-electron chi connectivity index (χ3n) is 4.54. The number of para-hydroxylation sites is 4. The van der Waals surface area contributed by atoms with Crippen LogP contribution < -0.4 is 15.4 Å². The van der Waals surface area contributed by atoms with Crippen molar-refractivity contribution in [3.8, 4) is 11.5 Å². The Labute approximate surface area is 197 Å². The summed E-state index contributed by atoms with van der Waals surface area (Å²) in [6.45, 7) is 2.40. The molecule has 0 saturated carbocycles. The average molecular weight is 472 g/mol. The van der Waals surface area contributed by atoms with Crippen LogP contribution in [-0.2, 0) is 9.59 Å². The van der Waals surface area contributed by atoms with Gasteiger partial charge in [0.05, 0.1) is 34.5 Å². The number of carbonyl (C=O) groups excluding carboxylic acids is 2. The summed E-state index contributed by atoms with van der Waals surface area (Å²) in [5, 5.41) is 6.26. The topological polar surface area (TPSA) is 70.7 Å². The van der Waals surface area contributed by atoms with Crippen LogP contribution in [0.25, 0.3) is 0 Å². The number of likely N-dealkylation sites (N-methyl/N-ethyl adjacent to an activating group) is 1. The van der Waals surface area contributed by atoms with Gasteiger partial charge in [0, 0.05) is 0 Å². The number of ether oxygens (including phenoxy) is 1. The minimum atomic E-state index is -0.317. The monoisotopic (exact) mass is 471 g/mol. The van der Waals surface area contributed by atoms with E-state index in [1.54, 1.807) is 35.2 Å². The lowest BCUT2D eigenvalue weighted by Crippen LogP contribution is -2.38. The first-order valence-electron chi connectivity index (χ1n) is 10.0. The normalized spacial score (nSPS) is 10.6. The molecule has 0 radical (unpaired) electrons. The van der Waals surface area contributed by atoms with Gasteiger partial charge in [-0.2, -0.15) is 0 Å². The van der Waals surface area contributed by atoms with Gasteiger partial charge in [-0.1, -0.05) is 66.5 Å². The van der Waals surface area contributed by atoms with Crippen molar-refractivity contribution in [1.29, 1.82) is 0 Å². The summed E-state index contributed by atoms with van der Waals surface area (Å²) >= 11 is 12.2. The molecular formula is C24H23Cl2N3O3. The predicted molar refractivity (Wildman–Crippen MR) is 129 cm³/mol. The molecule has 3 aromatic rings. The van der Waals surface area contributed by atoms with Crippen LogP contribution in [0, 0.1) is 0 Å². The zero-order valence-electron chi connectivity index (χ0n) is 17.5. The summed E-state index contributed by atoms with van der Waals surface area (Å²) in [6, 6.07) is 21.5. The van der Waals surface area contributed by atoms with Gasteiger partial charge in [0.2, 0.25) is 11.8 Å². The van der Waals surface area contributed by atoms with Crippen molar-refractivity contribution in [2.75, 3.05) is 30.3 Å². The Balaban J connectivity index is 1.59. The van der Waals surface area contributed by atoms with Crippen molar-refractivity contribution in [2.24, 2.45) is 0 Å². The van der Waals surface area contributed by atoms with Gasteiger partial charge in [0.25, 0.3) is 0 Å². The third-order valence-corrected chi connectivity index (χ3v) is 5.17. The lowest BCUT2D eigenvalue weighted by molar-refractivity contribution is -0.119. The van der Waals surface area contributed by atoms with Crippen molar-refractivity contribution in [3.63, 3.8) is 0 Å². The van der Waals surface area contributed by atoms with E-state index in [4.69, 9.17) is 27.9 Å². The molecule has 0 unspecified atom stereocenters. The van der Waals surface area contributed by atoms with Gasteiger partial charge in [-0.05, 0) is 42.9 Å². The molecule has 0 fully saturated rings. The first-order chi connectivity index (χ1) is 15.5. The van der Waals surface area contributed by atoms with Crippen LogP contribution in [0.3, 0.4) is 0 Å². The number of amides is 2. The molecule has 0 aromatic heterocycles. The fraction of sp³-hybridized carbons (Fsp3) is 0.167. The second kappa shape index (κ2) is 11.5. The fourth-order valence-electron chi connectivity index (χ4n) is 2.95. The standard InChI is InChI=1S/C24H23Cl2N3O3/c1-2-29(16-23(31)28-24-18(25)11-8-12-19(24)26)15-22(30)27-20-13-6-7-14-21(20)32-17-9-4-3-5-10-17/h3-14H,2,15-16H2,1H3,(H,27,30)(H,28,31). The minimum Gasteiger partial charge on any atom is -0.455 e. The molecule has 3 rings (SSSR count). The van der Waals surface area contributed by atoms with E-state index in [1.165, 1.54) is 0 Å². The summed E-state index contributed by atoms with van der Waals surface area (Å²) in [5.74, 6) is 0.613. The fourth-order valence-corrected chi connectivity index (χ4v) is 3.44. The molecule has 0 spiro atoms. The van der Waals surface area contributed by atoms with E-state index in [9.17, 15) is 9.59 Å². The molecule has 0 saturated heterocycles. The Morgan fingerprint density at radius 3 is 2.06 bits per heavy atom. The number of nitrogens with zero attached hydrogens (tertiary/aromatic N) is 1. The quantitative estimate of drug-likeness (QED) is 0.420. The number of rotatable bonds is 9. The van der Waals surface area contributed by atoms with E-state index < -0.39 is 0 Å². The summed E-state index contributed by atoms with van der Waals surface area (Å²) in [4.78, 5) is 26.8. The maximum atomic E-state index is 12.7. The average Bonchev–Trinajstić information content (AvgIpc) is 2.78. The number of benzene rings is 3. The Kier molecular flexibility index (Phi) is 8.50. The second-order valence-corrected chi connectivity index (χ2v) is 7.72. The van der Waals surface area contributed by atoms with Crippen molar-refractivity contribution < 1.29 is 14.3 Å². The number of nitrogens with one attached hydrogen (secondary N) is 2. The van der Waals surface area contributed by atoms with Crippen molar-refractivity contribution in [2.45, 2.75) is 6.92 Å². The van der Waals surface area contributed by atoms with Crippen LogP contribution in [0.5, 0.6) is 11.5 Å². The SMILES string of the molecule is CCN(CC(=O)Nc1ccccc1Oc1ccccc1)CC(=O)Nc1c(Cl)cccc1Cl. The van der Waals surface area contributed by atoms with Crippen LogP contribution in [0.4, 0.5) is 11.4 Å². The molecule has 0 atom stereocenters. The first-order valence-corrected chi connectivity index (χ1v) is 10.8. The maximum absolute atomic E-state index is 12.7.